The lowest BCUT2D eigenvalue weighted by Crippen LogP contribution is -2.31. The molecule has 0 N–H and O–H groups in total. The monoisotopic (exact) mass is 396 g/mol. The minimum absolute atomic E-state index is 0.0123. The van der Waals surface area contributed by atoms with Gasteiger partial charge in [0.05, 0.1) is 25.9 Å². The van der Waals surface area contributed by atoms with Gasteiger partial charge in [-0.05, 0) is 36.6 Å². The number of aromatic nitrogens is 3. The van der Waals surface area contributed by atoms with Gasteiger partial charge in [0.15, 0.2) is 5.69 Å². The molecule has 1 amide bonds. The summed E-state index contributed by atoms with van der Waals surface area (Å²) in [5.74, 6) is 0.697. The quantitative estimate of drug-likeness (QED) is 0.654. The summed E-state index contributed by atoms with van der Waals surface area (Å²) in [6.45, 7) is 1.21. The predicted molar refractivity (Wildman–Crippen MR) is 107 cm³/mol. The Kier molecular flexibility index (Phi) is 5.30. The number of ether oxygens (including phenoxy) is 1. The summed E-state index contributed by atoms with van der Waals surface area (Å²) < 4.78 is 7.15. The normalized spacial score (nSPS) is 16.4. The number of halogens is 1. The Bertz CT molecular complexity index is 988. The van der Waals surface area contributed by atoms with Gasteiger partial charge in [-0.1, -0.05) is 47.1 Å². The summed E-state index contributed by atoms with van der Waals surface area (Å²) in [6, 6.07) is 15.4. The number of para-hydroxylation sites is 1. The summed E-state index contributed by atoms with van der Waals surface area (Å²) in [5, 5.41) is 8.90. The third-order valence-corrected chi connectivity index (χ3v) is 5.24. The molecule has 2 aromatic carbocycles. The van der Waals surface area contributed by atoms with E-state index in [9.17, 15) is 4.79 Å². The molecule has 1 aliphatic rings. The van der Waals surface area contributed by atoms with E-state index >= 15 is 0 Å². The van der Waals surface area contributed by atoms with Crippen LogP contribution in [-0.2, 0) is 6.54 Å². The zero-order valence-corrected chi connectivity index (χ0v) is 16.3. The van der Waals surface area contributed by atoms with Gasteiger partial charge >= 0.3 is 0 Å². The number of hydrogen-bond acceptors (Lipinski definition) is 4. The standard InChI is InChI=1S/C21H21ClN4O2/c1-28-20-10-3-2-8-17(20)19-9-5-11-26(19)21(27)18-14-25(24-23-18)13-15-6-4-7-16(22)12-15/h2-4,6-8,10,12,14,19H,5,9,11,13H2,1H3. The minimum Gasteiger partial charge on any atom is -0.496 e. The van der Waals surface area contributed by atoms with Gasteiger partial charge in [-0.3, -0.25) is 4.79 Å². The van der Waals surface area contributed by atoms with Gasteiger partial charge in [-0.25, -0.2) is 4.68 Å². The highest BCUT2D eigenvalue weighted by molar-refractivity contribution is 6.30. The second-order valence-electron chi connectivity index (χ2n) is 6.83. The first-order valence-corrected chi connectivity index (χ1v) is 9.62. The molecule has 144 valence electrons. The summed E-state index contributed by atoms with van der Waals surface area (Å²) in [7, 11) is 1.65. The van der Waals surface area contributed by atoms with E-state index < -0.39 is 0 Å². The largest absolute Gasteiger partial charge is 0.496 e. The number of carbonyl (C=O) groups is 1. The van der Waals surface area contributed by atoms with Crippen molar-refractivity contribution >= 4 is 17.5 Å². The molecular formula is C21H21ClN4O2. The number of likely N-dealkylation sites (tertiary alicyclic amines) is 1. The molecule has 0 aliphatic carbocycles. The fourth-order valence-electron chi connectivity index (χ4n) is 3.72. The van der Waals surface area contributed by atoms with E-state index in [0.717, 1.165) is 29.7 Å². The Morgan fingerprint density at radius 2 is 2.11 bits per heavy atom. The second kappa shape index (κ2) is 8.02. The molecule has 28 heavy (non-hydrogen) atoms. The highest BCUT2D eigenvalue weighted by atomic mass is 35.5. The molecule has 0 bridgehead atoms. The molecule has 1 aromatic heterocycles. The lowest BCUT2D eigenvalue weighted by molar-refractivity contribution is 0.0728. The molecule has 7 heteroatoms. The molecule has 0 saturated carbocycles. The average molecular weight is 397 g/mol. The van der Waals surface area contributed by atoms with Crippen molar-refractivity contribution in [1.29, 1.82) is 0 Å². The van der Waals surface area contributed by atoms with Gasteiger partial charge in [0, 0.05) is 17.1 Å². The molecular weight excluding hydrogens is 376 g/mol. The van der Waals surface area contributed by atoms with Crippen molar-refractivity contribution in [3.8, 4) is 5.75 Å². The van der Waals surface area contributed by atoms with E-state index in [1.54, 1.807) is 18.0 Å². The van der Waals surface area contributed by atoms with E-state index in [2.05, 4.69) is 10.3 Å². The highest BCUT2D eigenvalue weighted by Crippen LogP contribution is 2.37. The van der Waals surface area contributed by atoms with Crippen LogP contribution in [0.1, 0.15) is 40.5 Å². The molecule has 1 unspecified atom stereocenters. The number of carbonyl (C=O) groups excluding carboxylic acids is 1. The molecule has 4 rings (SSSR count). The van der Waals surface area contributed by atoms with Crippen molar-refractivity contribution in [2.24, 2.45) is 0 Å². The summed E-state index contributed by atoms with van der Waals surface area (Å²) in [5.41, 5.74) is 2.38. The van der Waals surface area contributed by atoms with Crippen molar-refractivity contribution in [2.45, 2.75) is 25.4 Å². The SMILES string of the molecule is COc1ccccc1C1CCCN1C(=O)c1cn(Cc2cccc(Cl)c2)nn1. The smallest absolute Gasteiger partial charge is 0.276 e. The number of rotatable bonds is 5. The van der Waals surface area contributed by atoms with Crippen LogP contribution in [0.5, 0.6) is 5.75 Å². The Morgan fingerprint density at radius 3 is 2.93 bits per heavy atom. The lowest BCUT2D eigenvalue weighted by atomic mass is 10.0. The maximum absolute atomic E-state index is 13.1. The maximum atomic E-state index is 13.1. The molecule has 2 heterocycles. The van der Waals surface area contributed by atoms with Gasteiger partial charge in [0.25, 0.3) is 5.91 Å². The van der Waals surface area contributed by atoms with Gasteiger partial charge in [0.2, 0.25) is 0 Å². The number of methoxy groups -OCH3 is 1. The third kappa shape index (κ3) is 3.73. The Morgan fingerprint density at radius 1 is 1.25 bits per heavy atom. The molecule has 0 spiro atoms. The predicted octanol–water partition coefficient (Wildman–Crippen LogP) is 3.97. The summed E-state index contributed by atoms with van der Waals surface area (Å²) in [4.78, 5) is 15.0. The fraction of sp³-hybridized carbons (Fsp3) is 0.286. The Labute approximate surface area is 168 Å². The van der Waals surface area contributed by atoms with Crippen molar-refractivity contribution in [2.75, 3.05) is 13.7 Å². The van der Waals surface area contributed by atoms with Crippen molar-refractivity contribution in [3.05, 3.63) is 76.6 Å². The Hall–Kier alpha value is -2.86. The van der Waals surface area contributed by atoms with Crippen LogP contribution in [0, 0.1) is 0 Å². The van der Waals surface area contributed by atoms with Crippen LogP contribution in [0.2, 0.25) is 5.02 Å². The van der Waals surface area contributed by atoms with Gasteiger partial charge in [-0.2, -0.15) is 0 Å². The molecule has 1 saturated heterocycles. The lowest BCUT2D eigenvalue weighted by Gasteiger charge is -2.25. The summed E-state index contributed by atoms with van der Waals surface area (Å²) in [6.07, 6.45) is 3.55. The van der Waals surface area contributed by atoms with Crippen LogP contribution in [0.3, 0.4) is 0 Å². The zero-order valence-electron chi connectivity index (χ0n) is 15.6. The molecule has 0 radical (unpaired) electrons. The summed E-state index contributed by atoms with van der Waals surface area (Å²) >= 11 is 6.04. The second-order valence-corrected chi connectivity index (χ2v) is 7.27. The van der Waals surface area contributed by atoms with Crippen LogP contribution in [-0.4, -0.2) is 39.5 Å². The fourth-order valence-corrected chi connectivity index (χ4v) is 3.93. The van der Waals surface area contributed by atoms with E-state index in [1.165, 1.54) is 0 Å². The molecule has 1 atom stereocenters. The van der Waals surface area contributed by atoms with Crippen molar-refractivity contribution in [1.82, 2.24) is 19.9 Å². The van der Waals surface area contributed by atoms with E-state index in [4.69, 9.17) is 16.3 Å². The van der Waals surface area contributed by atoms with Crippen LogP contribution >= 0.6 is 11.6 Å². The molecule has 1 aliphatic heterocycles. The molecule has 3 aromatic rings. The highest BCUT2D eigenvalue weighted by Gasteiger charge is 2.33. The van der Waals surface area contributed by atoms with E-state index in [-0.39, 0.29) is 11.9 Å². The third-order valence-electron chi connectivity index (χ3n) is 5.00. The zero-order chi connectivity index (χ0) is 19.5. The van der Waals surface area contributed by atoms with Gasteiger partial charge in [0.1, 0.15) is 5.75 Å². The number of hydrogen-bond donors (Lipinski definition) is 0. The van der Waals surface area contributed by atoms with Crippen molar-refractivity contribution in [3.63, 3.8) is 0 Å². The molecule has 1 fully saturated rings. The van der Waals surface area contributed by atoms with Gasteiger partial charge < -0.3 is 9.64 Å². The Balaban J connectivity index is 1.53. The van der Waals surface area contributed by atoms with Crippen LogP contribution in [0.15, 0.2) is 54.7 Å². The number of nitrogens with zero attached hydrogens (tertiary/aromatic N) is 4. The number of benzene rings is 2. The van der Waals surface area contributed by atoms with Gasteiger partial charge in [-0.15, -0.1) is 5.10 Å². The minimum atomic E-state index is -0.106. The topological polar surface area (TPSA) is 60.2 Å². The average Bonchev–Trinajstić information content (AvgIpc) is 3.37. The number of amides is 1. The maximum Gasteiger partial charge on any atom is 0.276 e. The van der Waals surface area contributed by atoms with E-state index in [1.807, 2.05) is 53.4 Å². The first-order valence-electron chi connectivity index (χ1n) is 9.24. The van der Waals surface area contributed by atoms with Crippen LogP contribution in [0.25, 0.3) is 0 Å². The van der Waals surface area contributed by atoms with Crippen molar-refractivity contribution < 1.29 is 9.53 Å². The first kappa shape index (κ1) is 18.5. The molecule has 6 nitrogen and oxygen atoms in total. The first-order chi connectivity index (χ1) is 13.7. The van der Waals surface area contributed by atoms with E-state index in [0.29, 0.717) is 23.8 Å². The van der Waals surface area contributed by atoms with Crippen LogP contribution in [0.4, 0.5) is 0 Å². The van der Waals surface area contributed by atoms with Crippen LogP contribution < -0.4 is 4.74 Å².